The molecule has 0 N–H and O–H groups in total. The fourth-order valence-corrected chi connectivity index (χ4v) is 3.81. The number of thiazole rings is 1. The van der Waals surface area contributed by atoms with Gasteiger partial charge in [0.25, 0.3) is 11.1 Å². The molecule has 5 nitrogen and oxygen atoms in total. The van der Waals surface area contributed by atoms with Crippen LogP contribution in [0.3, 0.4) is 0 Å². The maximum atomic E-state index is 12.7. The number of hydrogen-bond acceptors (Lipinski definition) is 5. The summed E-state index contributed by atoms with van der Waals surface area (Å²) < 4.78 is 1.58. The first-order valence-electron chi connectivity index (χ1n) is 7.95. The number of halogens is 2. The summed E-state index contributed by atoms with van der Waals surface area (Å²) in [6.45, 7) is 0. The zero-order valence-corrected chi connectivity index (χ0v) is 16.1. The van der Waals surface area contributed by atoms with Crippen molar-refractivity contribution < 1.29 is 0 Å². The van der Waals surface area contributed by atoms with Crippen molar-refractivity contribution in [1.29, 1.82) is 0 Å². The van der Waals surface area contributed by atoms with Crippen molar-refractivity contribution in [3.63, 3.8) is 0 Å². The lowest BCUT2D eigenvalue weighted by molar-refractivity contribution is 0.811. The van der Waals surface area contributed by atoms with Crippen molar-refractivity contribution in [3.8, 4) is 0 Å². The van der Waals surface area contributed by atoms with Crippen LogP contribution in [0.1, 0.15) is 16.8 Å². The Bertz CT molecular complexity index is 1320. The molecule has 2 aromatic carbocycles. The van der Waals surface area contributed by atoms with Gasteiger partial charge >= 0.3 is 0 Å². The van der Waals surface area contributed by atoms with Gasteiger partial charge in [0.15, 0.2) is 0 Å². The largest absolute Gasteiger partial charge is 0.296 e. The molecule has 0 saturated heterocycles. The molecule has 0 aliphatic rings. The average Bonchev–Trinajstić information content (AvgIpc) is 2.94. The van der Waals surface area contributed by atoms with Crippen LogP contribution in [-0.4, -0.2) is 14.6 Å². The van der Waals surface area contributed by atoms with Crippen LogP contribution in [0.5, 0.6) is 0 Å². The summed E-state index contributed by atoms with van der Waals surface area (Å²) in [5, 5.41) is 5.07. The van der Waals surface area contributed by atoms with E-state index < -0.39 is 5.56 Å². The molecule has 0 radical (unpaired) electrons. The zero-order valence-electron chi connectivity index (χ0n) is 13.7. The van der Waals surface area contributed by atoms with Crippen LogP contribution in [-0.2, 0) is 6.42 Å². The van der Waals surface area contributed by atoms with Crippen molar-refractivity contribution >= 4 is 45.6 Å². The van der Waals surface area contributed by atoms with E-state index >= 15 is 0 Å². The van der Waals surface area contributed by atoms with Gasteiger partial charge in [0, 0.05) is 6.42 Å². The van der Waals surface area contributed by atoms with Gasteiger partial charge in [-0.2, -0.15) is 14.6 Å². The molecule has 2 heterocycles. The zero-order chi connectivity index (χ0) is 19.0. The van der Waals surface area contributed by atoms with Gasteiger partial charge in [0.1, 0.15) is 5.69 Å². The molecule has 4 aromatic rings. The third-order valence-electron chi connectivity index (χ3n) is 3.91. The standard InChI is InChI=1S/C19H11Cl2N3O2S/c20-13-7-6-12(8-14(13)21)10-16-18(26)24-19(27-16)22-17(25)15(23-24)9-11-4-2-1-3-5-11/h1-8,10H,9H2/b16-10+. The smallest absolute Gasteiger partial charge is 0.266 e. The second-order valence-corrected chi connectivity index (χ2v) is 7.63. The van der Waals surface area contributed by atoms with Crippen molar-refractivity contribution in [1.82, 2.24) is 14.6 Å². The molecule has 0 fully saturated rings. The van der Waals surface area contributed by atoms with Crippen LogP contribution < -0.4 is 15.7 Å². The fourth-order valence-electron chi connectivity index (χ4n) is 2.59. The Kier molecular flexibility index (Phi) is 4.78. The molecule has 0 unspecified atom stereocenters. The minimum absolute atomic E-state index is 0.231. The highest BCUT2D eigenvalue weighted by Gasteiger charge is 2.11. The predicted molar refractivity (Wildman–Crippen MR) is 108 cm³/mol. The van der Waals surface area contributed by atoms with Crippen LogP contribution in [0.2, 0.25) is 10.0 Å². The first-order valence-corrected chi connectivity index (χ1v) is 9.52. The van der Waals surface area contributed by atoms with E-state index in [9.17, 15) is 9.59 Å². The van der Waals surface area contributed by atoms with Gasteiger partial charge in [-0.05, 0) is 29.3 Å². The van der Waals surface area contributed by atoms with E-state index in [-0.39, 0.29) is 16.2 Å². The van der Waals surface area contributed by atoms with E-state index in [1.165, 1.54) is 4.52 Å². The molecule has 2 aromatic heterocycles. The summed E-state index contributed by atoms with van der Waals surface area (Å²) in [5.74, 6) is 0. The fraction of sp³-hybridized carbons (Fsp3) is 0.0526. The Labute approximate surface area is 167 Å². The maximum Gasteiger partial charge on any atom is 0.296 e. The number of aromatic nitrogens is 3. The van der Waals surface area contributed by atoms with Gasteiger partial charge in [0.2, 0.25) is 4.96 Å². The molecular weight excluding hydrogens is 405 g/mol. The minimum atomic E-state index is -0.429. The Morgan fingerprint density at radius 1 is 1.04 bits per heavy atom. The Morgan fingerprint density at radius 2 is 1.81 bits per heavy atom. The molecule has 0 atom stereocenters. The second kappa shape index (κ2) is 7.23. The Morgan fingerprint density at radius 3 is 2.56 bits per heavy atom. The number of fused-ring (bicyclic) bond motifs is 1. The summed E-state index contributed by atoms with van der Waals surface area (Å²) in [6.07, 6.45) is 1.99. The monoisotopic (exact) mass is 415 g/mol. The second-order valence-electron chi connectivity index (χ2n) is 5.81. The van der Waals surface area contributed by atoms with E-state index in [4.69, 9.17) is 23.2 Å². The molecule has 0 aliphatic heterocycles. The van der Waals surface area contributed by atoms with E-state index in [2.05, 4.69) is 10.1 Å². The van der Waals surface area contributed by atoms with Gasteiger partial charge in [0.05, 0.1) is 14.6 Å². The maximum absolute atomic E-state index is 12.7. The van der Waals surface area contributed by atoms with Gasteiger partial charge in [-0.15, -0.1) is 0 Å². The lowest BCUT2D eigenvalue weighted by Crippen LogP contribution is -2.28. The lowest BCUT2D eigenvalue weighted by atomic mass is 10.1. The van der Waals surface area contributed by atoms with E-state index in [0.29, 0.717) is 21.0 Å². The van der Waals surface area contributed by atoms with Crippen LogP contribution >= 0.6 is 34.5 Å². The number of benzene rings is 2. The van der Waals surface area contributed by atoms with Gasteiger partial charge < -0.3 is 0 Å². The van der Waals surface area contributed by atoms with Crippen LogP contribution in [0.15, 0.2) is 58.1 Å². The molecule has 0 spiro atoms. The molecule has 27 heavy (non-hydrogen) atoms. The Balaban J connectivity index is 1.82. The van der Waals surface area contributed by atoms with Crippen molar-refractivity contribution in [2.24, 2.45) is 0 Å². The highest BCUT2D eigenvalue weighted by Crippen LogP contribution is 2.22. The van der Waals surface area contributed by atoms with Crippen LogP contribution in [0.4, 0.5) is 0 Å². The molecule has 4 rings (SSSR count). The highest BCUT2D eigenvalue weighted by molar-refractivity contribution is 7.15. The molecular formula is C19H11Cl2N3O2S. The normalized spacial score (nSPS) is 12.0. The Hall–Kier alpha value is -2.54. The first-order chi connectivity index (χ1) is 13.0. The lowest BCUT2D eigenvalue weighted by Gasteiger charge is -1.99. The average molecular weight is 416 g/mol. The topological polar surface area (TPSA) is 64.3 Å². The number of nitrogens with zero attached hydrogens (tertiary/aromatic N) is 3. The molecule has 0 amide bonds. The minimum Gasteiger partial charge on any atom is -0.266 e. The summed E-state index contributed by atoms with van der Waals surface area (Å²) in [4.78, 5) is 29.2. The number of hydrogen-bond donors (Lipinski definition) is 0. The molecule has 0 aliphatic carbocycles. The third kappa shape index (κ3) is 3.64. The molecule has 134 valence electrons. The summed E-state index contributed by atoms with van der Waals surface area (Å²) in [7, 11) is 0. The van der Waals surface area contributed by atoms with Crippen molar-refractivity contribution in [3.05, 3.63) is 101 Å². The van der Waals surface area contributed by atoms with Crippen molar-refractivity contribution in [2.75, 3.05) is 0 Å². The summed E-state index contributed by atoms with van der Waals surface area (Å²) in [6, 6.07) is 14.5. The first kappa shape index (κ1) is 17.9. The SMILES string of the molecule is O=c1nc2s/c(=C/c3ccc(Cl)c(Cl)c3)c(=O)n2nc1Cc1ccccc1. The van der Waals surface area contributed by atoms with Crippen LogP contribution in [0.25, 0.3) is 11.0 Å². The summed E-state index contributed by atoms with van der Waals surface area (Å²) >= 11 is 13.0. The third-order valence-corrected chi connectivity index (χ3v) is 5.60. The molecule has 8 heteroatoms. The molecule has 0 bridgehead atoms. The number of rotatable bonds is 3. The quantitative estimate of drug-likeness (QED) is 0.515. The van der Waals surface area contributed by atoms with E-state index in [1.807, 2.05) is 30.3 Å². The van der Waals surface area contributed by atoms with Gasteiger partial charge in [-0.1, -0.05) is 70.9 Å². The van der Waals surface area contributed by atoms with E-state index in [1.54, 1.807) is 24.3 Å². The van der Waals surface area contributed by atoms with Gasteiger partial charge in [-0.25, -0.2) is 0 Å². The van der Waals surface area contributed by atoms with Crippen molar-refractivity contribution in [2.45, 2.75) is 6.42 Å². The molecule has 0 saturated carbocycles. The van der Waals surface area contributed by atoms with Crippen LogP contribution in [0, 0.1) is 0 Å². The summed E-state index contributed by atoms with van der Waals surface area (Å²) in [5.41, 5.74) is 1.12. The van der Waals surface area contributed by atoms with Gasteiger partial charge in [-0.3, -0.25) is 9.59 Å². The predicted octanol–water partition coefficient (Wildman–Crippen LogP) is 2.96. The van der Waals surface area contributed by atoms with E-state index in [0.717, 1.165) is 22.5 Å². The highest BCUT2D eigenvalue weighted by atomic mass is 35.5.